The third-order valence-electron chi connectivity index (χ3n) is 7.27. The average Bonchev–Trinajstić information content (AvgIpc) is 3.36. The number of hydrogen-bond donors (Lipinski definition) is 1. The standard InChI is InChI=1S/C31H34BrClN2O5S/c1-31(2,3)27-19-23(29(36)34-25(30(37)40-4)18-20-10-6-5-7-11-20)28(21-14-16-22(32)17-15-21)35(27)41(38,39)26-13-9-8-12-24(26)33/h5-12,14-17,19,25-28H,13,18H2,1-4H3,(H,34,36)/t25-,26?,27?,28?/m0/s1. The number of allylic oxidation sites excluding steroid dienone is 3. The number of methoxy groups -OCH3 is 1. The fraction of sp³-hybridized carbons (Fsp3) is 0.355. The van der Waals surface area contributed by atoms with Crippen LogP contribution in [0.3, 0.4) is 0 Å². The lowest BCUT2D eigenvalue weighted by molar-refractivity contribution is -0.144. The molecule has 2 aliphatic rings. The van der Waals surface area contributed by atoms with Gasteiger partial charge in [-0.05, 0) is 41.2 Å². The minimum Gasteiger partial charge on any atom is -0.467 e. The molecule has 1 aliphatic carbocycles. The Kier molecular flexibility index (Phi) is 9.63. The van der Waals surface area contributed by atoms with Gasteiger partial charge in [-0.25, -0.2) is 13.2 Å². The maximum absolute atomic E-state index is 14.4. The van der Waals surface area contributed by atoms with E-state index in [1.165, 1.54) is 11.4 Å². The molecule has 3 unspecified atom stereocenters. The molecule has 0 saturated carbocycles. The number of ether oxygens (including phenoxy) is 1. The van der Waals surface area contributed by atoms with Crippen LogP contribution in [0.15, 0.2) is 94.0 Å². The molecular weight excluding hydrogens is 628 g/mol. The van der Waals surface area contributed by atoms with Gasteiger partial charge < -0.3 is 10.1 Å². The van der Waals surface area contributed by atoms with Gasteiger partial charge in [-0.3, -0.25) is 4.79 Å². The zero-order chi connectivity index (χ0) is 29.9. The third kappa shape index (κ3) is 6.85. The van der Waals surface area contributed by atoms with E-state index in [0.717, 1.165) is 10.0 Å². The van der Waals surface area contributed by atoms with E-state index in [1.54, 1.807) is 36.4 Å². The Morgan fingerprint density at radius 1 is 1.12 bits per heavy atom. The number of nitrogens with zero attached hydrogens (tertiary/aromatic N) is 1. The van der Waals surface area contributed by atoms with Crippen LogP contribution in [0.5, 0.6) is 0 Å². The highest BCUT2D eigenvalue weighted by atomic mass is 79.9. The van der Waals surface area contributed by atoms with Crippen molar-refractivity contribution in [2.75, 3.05) is 7.11 Å². The maximum atomic E-state index is 14.4. The molecule has 0 saturated heterocycles. The number of rotatable bonds is 8. The molecule has 1 heterocycles. The van der Waals surface area contributed by atoms with Crippen LogP contribution in [0, 0.1) is 5.41 Å². The summed E-state index contributed by atoms with van der Waals surface area (Å²) in [6.07, 6.45) is 7.26. The van der Waals surface area contributed by atoms with Gasteiger partial charge in [0.1, 0.15) is 11.3 Å². The summed E-state index contributed by atoms with van der Waals surface area (Å²) in [6.45, 7) is 5.79. The molecule has 1 amide bonds. The Hall–Kier alpha value is -2.72. The summed E-state index contributed by atoms with van der Waals surface area (Å²) in [7, 11) is -2.80. The number of amides is 1. The average molecular weight is 662 g/mol. The molecule has 0 radical (unpaired) electrons. The number of esters is 1. The third-order valence-corrected chi connectivity index (χ3v) is 10.5. The van der Waals surface area contributed by atoms with Gasteiger partial charge in [-0.2, -0.15) is 4.31 Å². The molecule has 4 atom stereocenters. The molecule has 0 bridgehead atoms. The molecule has 10 heteroatoms. The lowest BCUT2D eigenvalue weighted by Gasteiger charge is -2.39. The second kappa shape index (κ2) is 12.7. The molecule has 0 fully saturated rings. The van der Waals surface area contributed by atoms with Crippen molar-refractivity contribution in [3.8, 4) is 0 Å². The summed E-state index contributed by atoms with van der Waals surface area (Å²) in [5.74, 6) is -1.13. The molecule has 0 aromatic heterocycles. The van der Waals surface area contributed by atoms with Gasteiger partial charge in [-0.1, -0.05) is 109 Å². The largest absolute Gasteiger partial charge is 0.467 e. The van der Waals surface area contributed by atoms with Crippen molar-refractivity contribution in [3.63, 3.8) is 0 Å². The first-order valence-corrected chi connectivity index (χ1v) is 16.0. The molecule has 2 aromatic carbocycles. The smallest absolute Gasteiger partial charge is 0.328 e. The van der Waals surface area contributed by atoms with Crippen molar-refractivity contribution in [2.45, 2.75) is 57.0 Å². The number of carbonyl (C=O) groups excluding carboxylic acids is 2. The number of carbonyl (C=O) groups is 2. The van der Waals surface area contributed by atoms with E-state index in [4.69, 9.17) is 16.3 Å². The number of sulfonamides is 1. The van der Waals surface area contributed by atoms with Crippen LogP contribution in [0.2, 0.25) is 0 Å². The van der Waals surface area contributed by atoms with Gasteiger partial charge in [-0.15, -0.1) is 0 Å². The van der Waals surface area contributed by atoms with Crippen LogP contribution in [0.4, 0.5) is 0 Å². The van der Waals surface area contributed by atoms with E-state index >= 15 is 0 Å². The topological polar surface area (TPSA) is 92.8 Å². The van der Waals surface area contributed by atoms with Crippen molar-refractivity contribution in [1.82, 2.24) is 9.62 Å². The van der Waals surface area contributed by atoms with Crippen LogP contribution in [-0.2, 0) is 30.8 Å². The Morgan fingerprint density at radius 3 is 2.37 bits per heavy atom. The quantitative estimate of drug-likeness (QED) is 0.360. The highest BCUT2D eigenvalue weighted by Crippen LogP contribution is 2.47. The summed E-state index contributed by atoms with van der Waals surface area (Å²) in [6, 6.07) is 13.9. The molecule has 218 valence electrons. The van der Waals surface area contributed by atoms with E-state index in [1.807, 2.05) is 63.2 Å². The van der Waals surface area contributed by atoms with Crippen LogP contribution >= 0.6 is 27.5 Å². The minimum atomic E-state index is -4.07. The summed E-state index contributed by atoms with van der Waals surface area (Å²) < 4.78 is 36.1. The van der Waals surface area contributed by atoms with Crippen LogP contribution in [0.25, 0.3) is 0 Å². The van der Waals surface area contributed by atoms with E-state index in [-0.39, 0.29) is 23.4 Å². The van der Waals surface area contributed by atoms with E-state index in [2.05, 4.69) is 21.2 Å². The zero-order valence-corrected chi connectivity index (χ0v) is 26.5. The molecule has 1 N–H and O–H groups in total. The molecule has 41 heavy (non-hydrogen) atoms. The van der Waals surface area contributed by atoms with Gasteiger partial charge in [0.25, 0.3) is 0 Å². The molecule has 4 rings (SSSR count). The summed E-state index contributed by atoms with van der Waals surface area (Å²) >= 11 is 9.91. The van der Waals surface area contributed by atoms with Crippen molar-refractivity contribution in [3.05, 3.63) is 105 Å². The Balaban J connectivity index is 1.80. The first-order chi connectivity index (χ1) is 19.3. The van der Waals surface area contributed by atoms with Crippen LogP contribution < -0.4 is 5.32 Å². The molecular formula is C31H34BrClN2O5S. The van der Waals surface area contributed by atoms with Gasteiger partial charge in [0.05, 0.1) is 13.2 Å². The van der Waals surface area contributed by atoms with E-state index in [9.17, 15) is 18.0 Å². The Labute approximate surface area is 255 Å². The summed E-state index contributed by atoms with van der Waals surface area (Å²) in [5.41, 5.74) is 1.13. The van der Waals surface area contributed by atoms with E-state index < -0.39 is 50.7 Å². The molecule has 1 aliphatic heterocycles. The first kappa shape index (κ1) is 31.2. The number of halogens is 2. The van der Waals surface area contributed by atoms with Crippen LogP contribution in [-0.4, -0.2) is 49.0 Å². The molecule has 0 spiro atoms. The minimum absolute atomic E-state index is 0.217. The number of benzene rings is 2. The number of nitrogens with one attached hydrogen (secondary N) is 1. The van der Waals surface area contributed by atoms with Gasteiger partial charge in [0, 0.05) is 27.5 Å². The predicted octanol–water partition coefficient (Wildman–Crippen LogP) is 5.83. The highest BCUT2D eigenvalue weighted by molar-refractivity contribution is 9.10. The second-order valence-corrected chi connectivity index (χ2v) is 14.6. The summed E-state index contributed by atoms with van der Waals surface area (Å²) in [4.78, 5) is 26.8. The zero-order valence-electron chi connectivity index (χ0n) is 23.4. The molecule has 7 nitrogen and oxygen atoms in total. The summed E-state index contributed by atoms with van der Waals surface area (Å²) in [5, 5.41) is 2.09. The Morgan fingerprint density at radius 2 is 1.78 bits per heavy atom. The monoisotopic (exact) mass is 660 g/mol. The first-order valence-electron chi connectivity index (χ1n) is 13.3. The van der Waals surface area contributed by atoms with Crippen LogP contribution in [0.1, 0.15) is 44.4 Å². The van der Waals surface area contributed by atoms with Crippen molar-refractivity contribution in [1.29, 1.82) is 0 Å². The van der Waals surface area contributed by atoms with Gasteiger partial charge >= 0.3 is 5.97 Å². The van der Waals surface area contributed by atoms with Crippen molar-refractivity contribution in [2.24, 2.45) is 5.41 Å². The predicted molar refractivity (Wildman–Crippen MR) is 165 cm³/mol. The van der Waals surface area contributed by atoms with Gasteiger partial charge in [0.2, 0.25) is 15.9 Å². The van der Waals surface area contributed by atoms with Crippen molar-refractivity contribution >= 4 is 49.4 Å². The normalized spacial score (nSPS) is 22.0. The highest BCUT2D eigenvalue weighted by Gasteiger charge is 2.51. The fourth-order valence-corrected chi connectivity index (χ4v) is 8.16. The molecule has 2 aromatic rings. The second-order valence-electron chi connectivity index (χ2n) is 11.2. The van der Waals surface area contributed by atoms with Crippen molar-refractivity contribution < 1.29 is 22.7 Å². The Bertz CT molecular complexity index is 1480. The van der Waals surface area contributed by atoms with Gasteiger partial charge in [0.15, 0.2) is 0 Å². The lowest BCUT2D eigenvalue weighted by Crippen LogP contribution is -2.49. The van der Waals surface area contributed by atoms with E-state index in [0.29, 0.717) is 5.56 Å². The fourth-order valence-electron chi connectivity index (χ4n) is 5.16. The maximum Gasteiger partial charge on any atom is 0.328 e. The number of hydrogen-bond acceptors (Lipinski definition) is 5. The SMILES string of the molecule is COC(=O)[C@H](Cc1ccccc1)NC(=O)C1=CC(C(C)(C)C)N(S(=O)(=O)C2CC=CC=C2Cl)C1c1ccc(Br)cc1. The lowest BCUT2D eigenvalue weighted by atomic mass is 9.87.